The van der Waals surface area contributed by atoms with Crippen molar-refractivity contribution in [2.24, 2.45) is 5.92 Å². The standard InChI is InChI=1S/C18H24N2/c1-13-6-5-7-15(11-10-13)20-18-12-14(2)19-17-9-4-3-8-16(17)18/h3-4,8-9,12-13,15H,5-7,10-11H2,1-2H3,(H,19,20). The number of nitrogens with zero attached hydrogens (tertiary/aromatic N) is 1. The minimum atomic E-state index is 0.616. The van der Waals surface area contributed by atoms with Gasteiger partial charge in [0.1, 0.15) is 0 Å². The number of anilines is 1. The van der Waals surface area contributed by atoms with E-state index in [1.807, 2.05) is 0 Å². The quantitative estimate of drug-likeness (QED) is 0.782. The maximum absolute atomic E-state index is 4.62. The molecular formula is C18H24N2. The Morgan fingerprint density at radius 2 is 1.95 bits per heavy atom. The van der Waals surface area contributed by atoms with Gasteiger partial charge in [0.2, 0.25) is 0 Å². The molecule has 2 atom stereocenters. The third kappa shape index (κ3) is 2.95. The average molecular weight is 268 g/mol. The molecule has 3 rings (SSSR count). The highest BCUT2D eigenvalue weighted by molar-refractivity contribution is 5.91. The second kappa shape index (κ2) is 5.82. The van der Waals surface area contributed by atoms with Gasteiger partial charge in [-0.15, -0.1) is 0 Å². The number of hydrogen-bond donors (Lipinski definition) is 1. The molecule has 1 saturated carbocycles. The fourth-order valence-corrected chi connectivity index (χ4v) is 3.28. The van der Waals surface area contributed by atoms with Crippen LogP contribution >= 0.6 is 0 Å². The Morgan fingerprint density at radius 3 is 2.85 bits per heavy atom. The van der Waals surface area contributed by atoms with Crippen LogP contribution in [0.5, 0.6) is 0 Å². The molecule has 1 aliphatic rings. The third-order valence-electron chi connectivity index (χ3n) is 4.46. The first-order valence-corrected chi connectivity index (χ1v) is 7.85. The van der Waals surface area contributed by atoms with Crippen LogP contribution in [0.25, 0.3) is 10.9 Å². The number of aryl methyl sites for hydroxylation is 1. The van der Waals surface area contributed by atoms with Crippen molar-refractivity contribution in [2.75, 3.05) is 5.32 Å². The molecular weight excluding hydrogens is 244 g/mol. The summed E-state index contributed by atoms with van der Waals surface area (Å²) >= 11 is 0. The Kier molecular flexibility index (Phi) is 3.90. The van der Waals surface area contributed by atoms with Crippen molar-refractivity contribution in [3.05, 3.63) is 36.0 Å². The molecule has 1 fully saturated rings. The molecule has 0 radical (unpaired) electrons. The van der Waals surface area contributed by atoms with Gasteiger partial charge in [0.25, 0.3) is 0 Å². The topological polar surface area (TPSA) is 24.9 Å². The molecule has 0 spiro atoms. The molecule has 1 aliphatic carbocycles. The lowest BCUT2D eigenvalue weighted by atomic mass is 10.0. The molecule has 0 amide bonds. The van der Waals surface area contributed by atoms with Crippen LogP contribution in [-0.2, 0) is 0 Å². The predicted octanol–water partition coefficient (Wildman–Crippen LogP) is 4.92. The molecule has 1 aromatic heterocycles. The van der Waals surface area contributed by atoms with Gasteiger partial charge < -0.3 is 5.32 Å². The first kappa shape index (κ1) is 13.4. The number of nitrogens with one attached hydrogen (secondary N) is 1. The summed E-state index contributed by atoms with van der Waals surface area (Å²) in [6.07, 6.45) is 6.66. The first-order chi connectivity index (χ1) is 9.72. The van der Waals surface area contributed by atoms with Crippen LogP contribution < -0.4 is 5.32 Å². The van der Waals surface area contributed by atoms with Crippen molar-refractivity contribution < 1.29 is 0 Å². The van der Waals surface area contributed by atoms with Gasteiger partial charge in [-0.3, -0.25) is 4.98 Å². The zero-order chi connectivity index (χ0) is 13.9. The molecule has 106 valence electrons. The fraction of sp³-hybridized carbons (Fsp3) is 0.500. The minimum absolute atomic E-state index is 0.616. The van der Waals surface area contributed by atoms with E-state index in [0.29, 0.717) is 6.04 Å². The zero-order valence-corrected chi connectivity index (χ0v) is 12.5. The van der Waals surface area contributed by atoms with E-state index in [1.165, 1.54) is 43.2 Å². The third-order valence-corrected chi connectivity index (χ3v) is 4.46. The van der Waals surface area contributed by atoms with E-state index < -0.39 is 0 Å². The molecule has 2 unspecified atom stereocenters. The van der Waals surface area contributed by atoms with Gasteiger partial charge in [-0.25, -0.2) is 0 Å². The lowest BCUT2D eigenvalue weighted by molar-refractivity contribution is 0.502. The van der Waals surface area contributed by atoms with E-state index in [-0.39, 0.29) is 0 Å². The first-order valence-electron chi connectivity index (χ1n) is 7.85. The van der Waals surface area contributed by atoms with Crippen LogP contribution in [-0.4, -0.2) is 11.0 Å². The Labute approximate surface area is 121 Å². The Bertz CT molecular complexity index is 591. The highest BCUT2D eigenvalue weighted by Crippen LogP contribution is 2.28. The number of aromatic nitrogens is 1. The maximum atomic E-state index is 4.62. The van der Waals surface area contributed by atoms with Crippen LogP contribution in [0, 0.1) is 12.8 Å². The van der Waals surface area contributed by atoms with Gasteiger partial charge in [0.15, 0.2) is 0 Å². The van der Waals surface area contributed by atoms with Gasteiger partial charge in [-0.05, 0) is 44.2 Å². The van der Waals surface area contributed by atoms with Gasteiger partial charge in [0.05, 0.1) is 5.52 Å². The molecule has 1 aromatic carbocycles. The molecule has 20 heavy (non-hydrogen) atoms. The van der Waals surface area contributed by atoms with Gasteiger partial charge in [0, 0.05) is 22.8 Å². The van der Waals surface area contributed by atoms with Crippen molar-refractivity contribution in [3.63, 3.8) is 0 Å². The Morgan fingerprint density at radius 1 is 1.10 bits per heavy atom. The van der Waals surface area contributed by atoms with Crippen LogP contribution in [0.4, 0.5) is 5.69 Å². The van der Waals surface area contributed by atoms with E-state index in [4.69, 9.17) is 0 Å². The van der Waals surface area contributed by atoms with Crippen LogP contribution in [0.15, 0.2) is 30.3 Å². The summed E-state index contributed by atoms with van der Waals surface area (Å²) in [5.41, 5.74) is 3.44. The van der Waals surface area contributed by atoms with Gasteiger partial charge >= 0.3 is 0 Å². The van der Waals surface area contributed by atoms with E-state index >= 15 is 0 Å². The monoisotopic (exact) mass is 268 g/mol. The molecule has 1 heterocycles. The van der Waals surface area contributed by atoms with Crippen LogP contribution in [0.1, 0.15) is 44.7 Å². The van der Waals surface area contributed by atoms with Crippen molar-refractivity contribution in [1.82, 2.24) is 4.98 Å². The van der Waals surface area contributed by atoms with Crippen LogP contribution in [0.3, 0.4) is 0 Å². The van der Waals surface area contributed by atoms with Crippen molar-refractivity contribution in [1.29, 1.82) is 0 Å². The number of pyridine rings is 1. The fourth-order valence-electron chi connectivity index (χ4n) is 3.28. The molecule has 0 saturated heterocycles. The number of hydrogen-bond acceptors (Lipinski definition) is 2. The minimum Gasteiger partial charge on any atom is -0.382 e. The maximum Gasteiger partial charge on any atom is 0.0725 e. The second-order valence-corrected chi connectivity index (χ2v) is 6.28. The summed E-state index contributed by atoms with van der Waals surface area (Å²) in [4.78, 5) is 4.62. The highest BCUT2D eigenvalue weighted by Gasteiger charge is 2.16. The number of para-hydroxylation sites is 1. The summed E-state index contributed by atoms with van der Waals surface area (Å²) in [5.74, 6) is 0.887. The summed E-state index contributed by atoms with van der Waals surface area (Å²) in [6, 6.07) is 11.2. The van der Waals surface area contributed by atoms with Gasteiger partial charge in [-0.1, -0.05) is 38.0 Å². The highest BCUT2D eigenvalue weighted by atomic mass is 14.9. The number of rotatable bonds is 2. The summed E-state index contributed by atoms with van der Waals surface area (Å²) in [6.45, 7) is 4.46. The largest absolute Gasteiger partial charge is 0.382 e. The Hall–Kier alpha value is -1.57. The van der Waals surface area contributed by atoms with E-state index in [1.54, 1.807) is 0 Å². The molecule has 1 N–H and O–H groups in total. The Balaban J connectivity index is 1.86. The van der Waals surface area contributed by atoms with Gasteiger partial charge in [-0.2, -0.15) is 0 Å². The second-order valence-electron chi connectivity index (χ2n) is 6.28. The van der Waals surface area contributed by atoms with Crippen molar-refractivity contribution >= 4 is 16.6 Å². The van der Waals surface area contributed by atoms with Crippen LogP contribution in [0.2, 0.25) is 0 Å². The lowest BCUT2D eigenvalue weighted by Crippen LogP contribution is -2.18. The SMILES string of the molecule is Cc1cc(NC2CCCC(C)CC2)c2ccccc2n1. The normalized spacial score (nSPS) is 23.5. The smallest absolute Gasteiger partial charge is 0.0725 e. The van der Waals surface area contributed by atoms with E-state index in [0.717, 1.165) is 17.1 Å². The summed E-state index contributed by atoms with van der Waals surface area (Å²) in [7, 11) is 0. The molecule has 0 aliphatic heterocycles. The van der Waals surface area contributed by atoms with Crippen molar-refractivity contribution in [3.8, 4) is 0 Å². The number of fused-ring (bicyclic) bond motifs is 1. The zero-order valence-electron chi connectivity index (χ0n) is 12.5. The molecule has 0 bridgehead atoms. The predicted molar refractivity (Wildman–Crippen MR) is 86.1 cm³/mol. The lowest BCUT2D eigenvalue weighted by Gasteiger charge is -2.19. The molecule has 2 heteroatoms. The summed E-state index contributed by atoms with van der Waals surface area (Å²) in [5, 5.41) is 5.03. The molecule has 2 aromatic rings. The van der Waals surface area contributed by atoms with E-state index in [2.05, 4.69) is 54.5 Å². The summed E-state index contributed by atoms with van der Waals surface area (Å²) < 4.78 is 0. The van der Waals surface area contributed by atoms with E-state index in [9.17, 15) is 0 Å². The molecule has 2 nitrogen and oxygen atoms in total. The van der Waals surface area contributed by atoms with Crippen molar-refractivity contribution in [2.45, 2.75) is 52.0 Å². The average Bonchev–Trinajstić information content (AvgIpc) is 2.64. The number of benzene rings is 1.